The van der Waals surface area contributed by atoms with E-state index < -0.39 is 0 Å². The second kappa shape index (κ2) is 1.42. The highest BCUT2D eigenvalue weighted by Gasteiger charge is 2.04. The van der Waals surface area contributed by atoms with Crippen LogP contribution in [0.25, 0.3) is 6.08 Å². The lowest BCUT2D eigenvalue weighted by Gasteiger charge is -1.78. The molecule has 0 fully saturated rings. The third-order valence-corrected chi connectivity index (χ3v) is 2.09. The lowest BCUT2D eigenvalue weighted by Crippen LogP contribution is -1.74. The van der Waals surface area contributed by atoms with Crippen LogP contribution >= 0.6 is 11.3 Å². The second-order valence-corrected chi connectivity index (χ2v) is 2.66. The van der Waals surface area contributed by atoms with Crippen molar-refractivity contribution >= 4 is 17.4 Å². The molecule has 1 nitrogen and oxygen atoms in total. The van der Waals surface area contributed by atoms with E-state index in [2.05, 4.69) is 17.1 Å². The lowest BCUT2D eigenvalue weighted by molar-refractivity contribution is 1.17. The van der Waals surface area contributed by atoms with Gasteiger partial charge in [0.05, 0.1) is 16.1 Å². The molecule has 0 aromatic carbocycles. The molecule has 0 unspecified atom stereocenters. The Morgan fingerprint density at radius 2 is 2.62 bits per heavy atom. The molecule has 0 aliphatic heterocycles. The van der Waals surface area contributed by atoms with Crippen LogP contribution in [0.2, 0.25) is 0 Å². The Labute approximate surface area is 51.7 Å². The number of allylic oxidation sites excluding steroid dienone is 1. The van der Waals surface area contributed by atoms with Crippen LogP contribution in [0.3, 0.4) is 0 Å². The van der Waals surface area contributed by atoms with Gasteiger partial charge in [-0.2, -0.15) is 0 Å². The van der Waals surface area contributed by atoms with Crippen LogP contribution in [-0.2, 0) is 6.42 Å². The average Bonchev–Trinajstić information content (AvgIpc) is 2.15. The third-order valence-electron chi connectivity index (χ3n) is 1.25. The molecular weight excluding hydrogens is 118 g/mol. The fourth-order valence-corrected chi connectivity index (χ4v) is 1.59. The molecule has 1 aromatic heterocycles. The molecule has 0 radical (unpaired) electrons. The Morgan fingerprint density at radius 1 is 1.62 bits per heavy atom. The van der Waals surface area contributed by atoms with E-state index >= 15 is 0 Å². The molecule has 1 aliphatic rings. The van der Waals surface area contributed by atoms with Gasteiger partial charge >= 0.3 is 0 Å². The number of thiazole rings is 1. The largest absolute Gasteiger partial charge is 0.249 e. The van der Waals surface area contributed by atoms with E-state index in [0.717, 1.165) is 6.42 Å². The molecule has 8 heavy (non-hydrogen) atoms. The number of aromatic nitrogens is 1. The third kappa shape index (κ3) is 0.434. The topological polar surface area (TPSA) is 12.9 Å². The maximum Gasteiger partial charge on any atom is 0.0801 e. The van der Waals surface area contributed by atoms with Crippen LogP contribution in [-0.4, -0.2) is 4.98 Å². The minimum atomic E-state index is 1.04. The minimum absolute atomic E-state index is 1.04. The summed E-state index contributed by atoms with van der Waals surface area (Å²) in [6, 6.07) is 0. The van der Waals surface area contributed by atoms with Crippen molar-refractivity contribution in [2.45, 2.75) is 6.42 Å². The number of fused-ring (bicyclic) bond motifs is 1. The van der Waals surface area contributed by atoms with E-state index in [1.54, 1.807) is 11.3 Å². The Hall–Kier alpha value is -0.630. The molecule has 0 spiro atoms. The maximum absolute atomic E-state index is 4.15. The highest BCUT2D eigenvalue weighted by molar-refractivity contribution is 7.10. The smallest absolute Gasteiger partial charge is 0.0801 e. The molecule has 0 bridgehead atoms. The van der Waals surface area contributed by atoms with Crippen molar-refractivity contribution in [2.24, 2.45) is 0 Å². The Balaban J connectivity index is 2.67. The van der Waals surface area contributed by atoms with Gasteiger partial charge in [-0.25, -0.2) is 4.98 Å². The van der Waals surface area contributed by atoms with Crippen molar-refractivity contribution in [3.63, 3.8) is 0 Å². The summed E-state index contributed by atoms with van der Waals surface area (Å²) in [4.78, 5) is 5.49. The van der Waals surface area contributed by atoms with Gasteiger partial charge in [-0.3, -0.25) is 0 Å². The van der Waals surface area contributed by atoms with Gasteiger partial charge in [0.25, 0.3) is 0 Å². The molecule has 0 N–H and O–H groups in total. The summed E-state index contributed by atoms with van der Waals surface area (Å²) >= 11 is 1.71. The molecular formula is C6H5NS. The van der Waals surface area contributed by atoms with Crippen molar-refractivity contribution in [2.75, 3.05) is 0 Å². The van der Waals surface area contributed by atoms with Gasteiger partial charge in [0.15, 0.2) is 0 Å². The van der Waals surface area contributed by atoms with Gasteiger partial charge in [-0.1, -0.05) is 6.08 Å². The molecule has 40 valence electrons. The van der Waals surface area contributed by atoms with Crippen LogP contribution in [0, 0.1) is 0 Å². The zero-order chi connectivity index (χ0) is 5.40. The molecule has 2 heteroatoms. The standard InChI is InChI=1S/C6H5NS/c1-2-5-6(3-1)8-4-7-5/h1,3-4H,2H2. The fourth-order valence-electron chi connectivity index (χ4n) is 0.845. The molecule has 1 aliphatic carbocycles. The Kier molecular flexibility index (Phi) is 0.758. The van der Waals surface area contributed by atoms with Crippen molar-refractivity contribution in [3.8, 4) is 0 Å². The average molecular weight is 123 g/mol. The molecule has 1 aromatic rings. The first kappa shape index (κ1) is 4.27. The van der Waals surface area contributed by atoms with Crippen molar-refractivity contribution in [1.82, 2.24) is 4.98 Å². The van der Waals surface area contributed by atoms with Gasteiger partial charge in [-0.05, 0) is 6.08 Å². The first-order chi connectivity index (χ1) is 3.97. The summed E-state index contributed by atoms with van der Waals surface area (Å²) in [6.45, 7) is 0. The number of hydrogen-bond donors (Lipinski definition) is 0. The zero-order valence-electron chi connectivity index (χ0n) is 4.29. The molecule has 2 rings (SSSR count). The van der Waals surface area contributed by atoms with Crippen LogP contribution < -0.4 is 0 Å². The van der Waals surface area contributed by atoms with Gasteiger partial charge in [0.1, 0.15) is 0 Å². The van der Waals surface area contributed by atoms with Gasteiger partial charge in [-0.15, -0.1) is 11.3 Å². The summed E-state index contributed by atoms with van der Waals surface area (Å²) in [7, 11) is 0. The number of hydrogen-bond acceptors (Lipinski definition) is 2. The van der Waals surface area contributed by atoms with Gasteiger partial charge in [0, 0.05) is 6.42 Å². The first-order valence-electron chi connectivity index (χ1n) is 2.56. The normalized spacial score (nSPS) is 14.5. The lowest BCUT2D eigenvalue weighted by atomic mass is 10.4. The van der Waals surface area contributed by atoms with E-state index in [9.17, 15) is 0 Å². The van der Waals surface area contributed by atoms with Crippen molar-refractivity contribution < 1.29 is 0 Å². The minimum Gasteiger partial charge on any atom is -0.249 e. The molecule has 0 atom stereocenters. The second-order valence-electron chi connectivity index (χ2n) is 1.77. The highest BCUT2D eigenvalue weighted by Crippen LogP contribution is 2.21. The zero-order valence-corrected chi connectivity index (χ0v) is 5.11. The summed E-state index contributed by atoms with van der Waals surface area (Å²) < 4.78 is 0. The molecule has 0 saturated carbocycles. The Morgan fingerprint density at radius 3 is 3.50 bits per heavy atom. The fraction of sp³-hybridized carbons (Fsp3) is 0.167. The monoisotopic (exact) mass is 123 g/mol. The Bertz CT molecular complexity index is 224. The van der Waals surface area contributed by atoms with E-state index in [-0.39, 0.29) is 0 Å². The van der Waals surface area contributed by atoms with Crippen LogP contribution in [0.5, 0.6) is 0 Å². The van der Waals surface area contributed by atoms with E-state index in [0.29, 0.717) is 0 Å². The highest BCUT2D eigenvalue weighted by atomic mass is 32.1. The van der Waals surface area contributed by atoms with Crippen molar-refractivity contribution in [3.05, 3.63) is 22.2 Å². The van der Waals surface area contributed by atoms with E-state index in [1.807, 2.05) is 5.51 Å². The molecule has 0 amide bonds. The van der Waals surface area contributed by atoms with Gasteiger partial charge in [0.2, 0.25) is 0 Å². The number of nitrogens with zero attached hydrogens (tertiary/aromatic N) is 1. The van der Waals surface area contributed by atoms with Gasteiger partial charge < -0.3 is 0 Å². The number of rotatable bonds is 0. The van der Waals surface area contributed by atoms with E-state index in [4.69, 9.17) is 0 Å². The first-order valence-corrected chi connectivity index (χ1v) is 3.44. The van der Waals surface area contributed by atoms with Crippen molar-refractivity contribution in [1.29, 1.82) is 0 Å². The predicted octanol–water partition coefficient (Wildman–Crippen LogP) is 1.71. The summed E-state index contributed by atoms with van der Waals surface area (Å²) in [5.74, 6) is 0. The quantitative estimate of drug-likeness (QED) is 0.511. The SMILES string of the molecule is C1=Cc2scnc2C1. The molecule has 1 heterocycles. The summed E-state index contributed by atoms with van der Waals surface area (Å²) in [5, 5.41) is 0. The molecule has 0 saturated heterocycles. The van der Waals surface area contributed by atoms with Crippen LogP contribution in [0.4, 0.5) is 0 Å². The van der Waals surface area contributed by atoms with Crippen LogP contribution in [0.15, 0.2) is 11.6 Å². The maximum atomic E-state index is 4.15. The summed E-state index contributed by atoms with van der Waals surface area (Å²) in [5.41, 5.74) is 3.14. The summed E-state index contributed by atoms with van der Waals surface area (Å²) in [6.07, 6.45) is 5.32. The van der Waals surface area contributed by atoms with Crippen LogP contribution in [0.1, 0.15) is 10.6 Å². The predicted molar refractivity (Wildman–Crippen MR) is 34.9 cm³/mol. The van der Waals surface area contributed by atoms with E-state index in [1.165, 1.54) is 10.6 Å².